The number of phenols is 3. The van der Waals surface area contributed by atoms with Crippen molar-refractivity contribution in [3.05, 3.63) is 40.6 Å². The molecule has 1 fully saturated rings. The van der Waals surface area contributed by atoms with Gasteiger partial charge in [0.2, 0.25) is 29.3 Å². The van der Waals surface area contributed by atoms with Gasteiger partial charge < -0.3 is 48.5 Å². The molecule has 14 heteroatoms. The van der Waals surface area contributed by atoms with E-state index < -0.39 is 88.5 Å². The van der Waals surface area contributed by atoms with Crippen molar-refractivity contribution >= 4 is 28.9 Å². The van der Waals surface area contributed by atoms with Gasteiger partial charge >= 0.3 is 17.9 Å². The van der Waals surface area contributed by atoms with Crippen LogP contribution in [0.1, 0.15) is 20.8 Å². The van der Waals surface area contributed by atoms with Crippen molar-refractivity contribution in [2.45, 2.75) is 45.4 Å². The number of rotatable bonds is 6. The maximum Gasteiger partial charge on any atom is 0.303 e. The monoisotopic (exact) mass is 560 g/mol. The van der Waals surface area contributed by atoms with Crippen LogP contribution in [0.25, 0.3) is 22.3 Å². The number of fused-ring (bicyclic) bond motifs is 1. The first-order chi connectivity index (χ1) is 18.9. The Balaban J connectivity index is 1.85. The highest BCUT2D eigenvalue weighted by Crippen LogP contribution is 2.44. The molecule has 1 aliphatic heterocycles. The maximum absolute atomic E-state index is 13.0. The standard InChI is InChI=1S/C26H24O14/c1-10(27)36-17-9-35-26(25(38-12(3)29)23(17)37-11(2)28)40-22-16(32)8-15(31)18-19(33)20(34)21(39-24(18)22)13-4-6-14(30)7-5-13/h4-8,17,23,25-26,30-32,34H,9H2,1-3H3/t17-,23+,25+,26+/m1/s1. The van der Waals surface area contributed by atoms with Gasteiger partial charge in [-0.2, -0.15) is 0 Å². The number of esters is 3. The molecular weight excluding hydrogens is 536 g/mol. The van der Waals surface area contributed by atoms with Crippen LogP contribution in [0.5, 0.6) is 28.7 Å². The van der Waals surface area contributed by atoms with E-state index in [1.807, 2.05) is 0 Å². The lowest BCUT2D eigenvalue weighted by Gasteiger charge is -2.40. The molecule has 0 aliphatic carbocycles. The molecule has 2 heterocycles. The average molecular weight is 560 g/mol. The summed E-state index contributed by atoms with van der Waals surface area (Å²) in [5, 5.41) is 40.6. The molecule has 4 N–H and O–H groups in total. The first-order valence-electron chi connectivity index (χ1n) is 11.7. The van der Waals surface area contributed by atoms with Crippen LogP contribution in [-0.2, 0) is 33.3 Å². The van der Waals surface area contributed by atoms with Crippen molar-refractivity contribution < 1.29 is 62.9 Å². The van der Waals surface area contributed by atoms with Crippen molar-refractivity contribution in [3.63, 3.8) is 0 Å². The van der Waals surface area contributed by atoms with E-state index in [1.54, 1.807) is 0 Å². The smallest absolute Gasteiger partial charge is 0.303 e. The summed E-state index contributed by atoms with van der Waals surface area (Å²) in [5.41, 5.74) is -1.46. The van der Waals surface area contributed by atoms with Crippen LogP contribution in [0.4, 0.5) is 0 Å². The Labute approximate surface area is 224 Å². The number of phenolic OH excluding ortho intramolecular Hbond substituents is 3. The fraction of sp³-hybridized carbons (Fsp3) is 0.308. The molecule has 0 spiro atoms. The van der Waals surface area contributed by atoms with Crippen LogP contribution in [-0.4, -0.2) is 69.5 Å². The summed E-state index contributed by atoms with van der Waals surface area (Å²) in [6.07, 6.45) is -5.79. The Bertz CT molecular complexity index is 1520. The van der Waals surface area contributed by atoms with Crippen molar-refractivity contribution in [3.8, 4) is 40.1 Å². The van der Waals surface area contributed by atoms with Crippen molar-refractivity contribution in [1.82, 2.24) is 0 Å². The second kappa shape index (κ2) is 11.0. The van der Waals surface area contributed by atoms with Gasteiger partial charge in [0, 0.05) is 32.4 Å². The van der Waals surface area contributed by atoms with Gasteiger partial charge in [0.1, 0.15) is 16.9 Å². The number of ether oxygens (including phenoxy) is 5. The first kappa shape index (κ1) is 28.0. The Morgan fingerprint density at radius 2 is 1.45 bits per heavy atom. The van der Waals surface area contributed by atoms with Crippen LogP contribution >= 0.6 is 0 Å². The van der Waals surface area contributed by atoms with Crippen LogP contribution in [0, 0.1) is 0 Å². The van der Waals surface area contributed by atoms with Crippen molar-refractivity contribution in [1.29, 1.82) is 0 Å². The summed E-state index contributed by atoms with van der Waals surface area (Å²) in [4.78, 5) is 48.4. The number of carbonyl (C=O) groups excluding carboxylic acids is 3. The average Bonchev–Trinajstić information content (AvgIpc) is 2.86. The van der Waals surface area contributed by atoms with Crippen LogP contribution in [0.2, 0.25) is 0 Å². The van der Waals surface area contributed by atoms with E-state index in [0.29, 0.717) is 0 Å². The second-order valence-corrected chi connectivity index (χ2v) is 8.72. The molecule has 0 amide bonds. The third kappa shape index (κ3) is 5.56. The van der Waals surface area contributed by atoms with Gasteiger partial charge in [-0.25, -0.2) is 0 Å². The van der Waals surface area contributed by atoms with Gasteiger partial charge in [-0.15, -0.1) is 0 Å². The highest BCUT2D eigenvalue weighted by Gasteiger charge is 2.48. The summed E-state index contributed by atoms with van der Waals surface area (Å²) in [5.74, 6) is -5.84. The molecule has 40 heavy (non-hydrogen) atoms. The molecule has 0 saturated carbocycles. The molecule has 3 aromatic rings. The predicted octanol–water partition coefficient (Wildman–Crippen LogP) is 1.81. The van der Waals surface area contributed by atoms with Crippen molar-refractivity contribution in [2.75, 3.05) is 6.61 Å². The summed E-state index contributed by atoms with van der Waals surface area (Å²) in [6.45, 7) is 2.83. The van der Waals surface area contributed by atoms with Crippen LogP contribution in [0.3, 0.4) is 0 Å². The summed E-state index contributed by atoms with van der Waals surface area (Å²) < 4.78 is 32.8. The Hall–Kier alpha value is -4.98. The minimum Gasteiger partial charge on any atom is -0.508 e. The fourth-order valence-electron chi connectivity index (χ4n) is 4.15. The minimum absolute atomic E-state index is 0.106. The highest BCUT2D eigenvalue weighted by molar-refractivity contribution is 5.93. The first-order valence-corrected chi connectivity index (χ1v) is 11.7. The number of aromatic hydroxyl groups is 4. The SMILES string of the molecule is CC(=O)O[C@@H]1[C@H](Oc2c(O)cc(O)c3c(=O)c(O)c(-c4ccc(O)cc4)oc23)OC[C@@H](OC(C)=O)[C@@H]1OC(C)=O. The van der Waals surface area contributed by atoms with Gasteiger partial charge in [0.25, 0.3) is 0 Å². The quantitative estimate of drug-likeness (QED) is 0.250. The lowest BCUT2D eigenvalue weighted by molar-refractivity contribution is -0.259. The van der Waals surface area contributed by atoms with Gasteiger partial charge in [0.15, 0.2) is 29.3 Å². The van der Waals surface area contributed by atoms with E-state index in [4.69, 9.17) is 28.1 Å². The van der Waals surface area contributed by atoms with E-state index in [2.05, 4.69) is 0 Å². The normalized spacial score (nSPS) is 20.5. The molecule has 4 atom stereocenters. The van der Waals surface area contributed by atoms with E-state index >= 15 is 0 Å². The summed E-state index contributed by atoms with van der Waals surface area (Å²) in [6, 6.07) is 5.96. The topological polar surface area (TPSA) is 208 Å². The molecule has 0 unspecified atom stereocenters. The molecule has 14 nitrogen and oxygen atoms in total. The third-order valence-electron chi connectivity index (χ3n) is 5.73. The molecule has 4 rings (SSSR count). The van der Waals surface area contributed by atoms with E-state index in [0.717, 1.165) is 26.8 Å². The lowest BCUT2D eigenvalue weighted by Crippen LogP contribution is -2.59. The molecule has 0 radical (unpaired) electrons. The van der Waals surface area contributed by atoms with Crippen LogP contribution < -0.4 is 10.2 Å². The van der Waals surface area contributed by atoms with Gasteiger partial charge in [0.05, 0.1) is 6.61 Å². The lowest BCUT2D eigenvalue weighted by atomic mass is 10.0. The molecule has 2 aromatic carbocycles. The minimum atomic E-state index is -1.63. The number of carbonyl (C=O) groups is 3. The summed E-state index contributed by atoms with van der Waals surface area (Å²) in [7, 11) is 0. The molecule has 1 aliphatic rings. The van der Waals surface area contributed by atoms with E-state index in [1.165, 1.54) is 24.3 Å². The molecule has 212 valence electrons. The Morgan fingerprint density at radius 3 is 2.05 bits per heavy atom. The molecular formula is C26H24O14. The number of hydrogen-bond donors (Lipinski definition) is 4. The largest absolute Gasteiger partial charge is 0.508 e. The van der Waals surface area contributed by atoms with Gasteiger partial charge in [-0.1, -0.05) is 0 Å². The van der Waals surface area contributed by atoms with E-state index in [-0.39, 0.29) is 17.1 Å². The maximum atomic E-state index is 13.0. The Kier molecular flexibility index (Phi) is 7.72. The number of benzene rings is 2. The molecule has 1 saturated heterocycles. The van der Waals surface area contributed by atoms with Gasteiger partial charge in [-0.3, -0.25) is 19.2 Å². The van der Waals surface area contributed by atoms with E-state index in [9.17, 15) is 39.6 Å². The second-order valence-electron chi connectivity index (χ2n) is 8.72. The zero-order valence-corrected chi connectivity index (χ0v) is 21.3. The molecule has 0 bridgehead atoms. The zero-order chi connectivity index (χ0) is 29.3. The Morgan fingerprint density at radius 1 is 0.850 bits per heavy atom. The zero-order valence-electron chi connectivity index (χ0n) is 21.3. The number of hydrogen-bond acceptors (Lipinski definition) is 14. The third-order valence-corrected chi connectivity index (χ3v) is 5.73. The van der Waals surface area contributed by atoms with Crippen LogP contribution in [0.15, 0.2) is 39.5 Å². The fourth-order valence-corrected chi connectivity index (χ4v) is 4.15. The summed E-state index contributed by atoms with van der Waals surface area (Å²) >= 11 is 0. The van der Waals surface area contributed by atoms with Crippen molar-refractivity contribution in [2.24, 2.45) is 0 Å². The highest BCUT2D eigenvalue weighted by atomic mass is 16.7. The van der Waals surface area contributed by atoms with Gasteiger partial charge in [-0.05, 0) is 24.3 Å². The predicted molar refractivity (Wildman–Crippen MR) is 132 cm³/mol. The molecule has 1 aromatic heterocycles.